The van der Waals surface area contributed by atoms with Crippen molar-refractivity contribution in [2.75, 3.05) is 19.0 Å². The van der Waals surface area contributed by atoms with Crippen molar-refractivity contribution in [1.82, 2.24) is 5.32 Å². The Morgan fingerprint density at radius 3 is 2.46 bits per heavy atom. The molecule has 0 saturated heterocycles. The molecule has 0 aliphatic heterocycles. The lowest BCUT2D eigenvalue weighted by atomic mass is 10.1. The van der Waals surface area contributed by atoms with Gasteiger partial charge in [-0.15, -0.1) is 0 Å². The van der Waals surface area contributed by atoms with Gasteiger partial charge in [0.05, 0.1) is 12.1 Å². The fourth-order valence-electron chi connectivity index (χ4n) is 2.09. The summed E-state index contributed by atoms with van der Waals surface area (Å²) in [5.41, 5.74) is 2.29. The maximum atomic E-state index is 12.0. The zero-order valence-electron chi connectivity index (χ0n) is 13.6. The van der Waals surface area contributed by atoms with Crippen LogP contribution in [-0.4, -0.2) is 25.5 Å². The van der Waals surface area contributed by atoms with E-state index in [9.17, 15) is 9.59 Å². The normalized spacial score (nSPS) is 10.1. The zero-order chi connectivity index (χ0) is 17.5. The van der Waals surface area contributed by atoms with Crippen LogP contribution < -0.4 is 15.4 Å². The summed E-state index contributed by atoms with van der Waals surface area (Å²) in [5, 5.41) is 5.71. The van der Waals surface area contributed by atoms with Crippen molar-refractivity contribution in [3.05, 3.63) is 58.6 Å². The number of aryl methyl sites for hydroxylation is 1. The van der Waals surface area contributed by atoms with Crippen LogP contribution in [0.1, 0.15) is 22.3 Å². The Morgan fingerprint density at radius 1 is 1.12 bits per heavy atom. The summed E-state index contributed by atoms with van der Waals surface area (Å²) in [4.78, 5) is 23.8. The molecule has 0 fully saturated rings. The second-order valence-corrected chi connectivity index (χ2v) is 5.68. The summed E-state index contributed by atoms with van der Waals surface area (Å²) in [7, 11) is 1.52. The van der Waals surface area contributed by atoms with E-state index < -0.39 is 6.03 Å². The summed E-state index contributed by atoms with van der Waals surface area (Å²) in [6, 6.07) is 11.9. The first-order valence-corrected chi connectivity index (χ1v) is 7.85. The molecule has 0 radical (unpaired) electrons. The number of ketones is 1. The Bertz CT molecular complexity index is 730. The topological polar surface area (TPSA) is 67.4 Å². The molecule has 24 heavy (non-hydrogen) atoms. The van der Waals surface area contributed by atoms with Crippen LogP contribution in [0.25, 0.3) is 0 Å². The molecule has 2 N–H and O–H groups in total. The number of halogens is 1. The molecule has 0 aliphatic carbocycles. The number of carbonyl (C=O) groups is 2. The highest BCUT2D eigenvalue weighted by Crippen LogP contribution is 2.27. The fraction of sp³-hybridized carbons (Fsp3) is 0.222. The fourth-order valence-corrected chi connectivity index (χ4v) is 2.35. The Kier molecular flexibility index (Phi) is 6.21. The van der Waals surface area contributed by atoms with Gasteiger partial charge >= 0.3 is 6.03 Å². The van der Waals surface area contributed by atoms with E-state index in [1.54, 1.807) is 30.3 Å². The summed E-state index contributed by atoms with van der Waals surface area (Å²) < 4.78 is 5.05. The first-order valence-electron chi connectivity index (χ1n) is 7.48. The molecule has 0 spiro atoms. The van der Waals surface area contributed by atoms with E-state index in [0.29, 0.717) is 22.0 Å². The Balaban J connectivity index is 1.80. The molecule has 2 rings (SSSR count). The van der Waals surface area contributed by atoms with E-state index >= 15 is 0 Å². The number of hydrogen-bond donors (Lipinski definition) is 2. The number of carbonyl (C=O) groups excluding carboxylic acids is 2. The first-order chi connectivity index (χ1) is 11.5. The summed E-state index contributed by atoms with van der Waals surface area (Å²) in [6.07, 6.45) is 0.236. The van der Waals surface area contributed by atoms with Crippen LogP contribution in [-0.2, 0) is 0 Å². The van der Waals surface area contributed by atoms with Gasteiger partial charge < -0.3 is 15.4 Å². The number of hydrogen-bond acceptors (Lipinski definition) is 3. The summed E-state index contributed by atoms with van der Waals surface area (Å²) in [5.74, 6) is 0.522. The molecule has 0 unspecified atom stereocenters. The van der Waals surface area contributed by atoms with E-state index in [2.05, 4.69) is 10.6 Å². The molecule has 2 aromatic rings. The van der Waals surface area contributed by atoms with Crippen LogP contribution in [0.3, 0.4) is 0 Å². The monoisotopic (exact) mass is 346 g/mol. The summed E-state index contributed by atoms with van der Waals surface area (Å²) >= 11 is 6.00. The van der Waals surface area contributed by atoms with Crippen molar-refractivity contribution in [2.24, 2.45) is 0 Å². The van der Waals surface area contributed by atoms with Gasteiger partial charge in [-0.3, -0.25) is 4.79 Å². The molecule has 0 atom stereocenters. The van der Waals surface area contributed by atoms with Gasteiger partial charge in [-0.2, -0.15) is 0 Å². The Morgan fingerprint density at radius 2 is 1.83 bits per heavy atom. The zero-order valence-corrected chi connectivity index (χ0v) is 14.3. The number of rotatable bonds is 6. The van der Waals surface area contributed by atoms with E-state index in [4.69, 9.17) is 16.3 Å². The smallest absolute Gasteiger partial charge is 0.319 e. The Labute approximate surface area is 146 Å². The third-order valence-corrected chi connectivity index (χ3v) is 3.72. The molecule has 0 aromatic heterocycles. The van der Waals surface area contributed by atoms with Gasteiger partial charge in [-0.25, -0.2) is 4.79 Å². The number of Topliss-reactive ketones (excluding diaryl/α,β-unsaturated/α-hetero) is 1. The minimum Gasteiger partial charge on any atom is -0.495 e. The highest BCUT2D eigenvalue weighted by atomic mass is 35.5. The van der Waals surface area contributed by atoms with Crippen molar-refractivity contribution in [3.8, 4) is 5.75 Å². The molecule has 0 saturated carbocycles. The van der Waals surface area contributed by atoms with Crippen molar-refractivity contribution < 1.29 is 14.3 Å². The standard InChI is InChI=1S/C18H19ClN2O3/c1-12-3-5-13(6-4-12)16(22)9-10-20-18(23)21-14-7-8-17(24-2)15(19)11-14/h3-8,11H,9-10H2,1-2H3,(H2,20,21,23). The lowest BCUT2D eigenvalue weighted by molar-refractivity contribution is 0.0983. The molecule has 0 aliphatic rings. The van der Waals surface area contributed by atoms with E-state index in [-0.39, 0.29) is 18.7 Å². The minimum absolute atomic E-state index is 0.0113. The van der Waals surface area contributed by atoms with Crippen LogP contribution in [0.5, 0.6) is 5.75 Å². The van der Waals surface area contributed by atoms with Crippen molar-refractivity contribution in [1.29, 1.82) is 0 Å². The van der Waals surface area contributed by atoms with Crippen LogP contribution in [0.2, 0.25) is 5.02 Å². The molecular weight excluding hydrogens is 328 g/mol. The van der Waals surface area contributed by atoms with Gasteiger partial charge in [0.2, 0.25) is 0 Å². The molecule has 5 nitrogen and oxygen atoms in total. The second kappa shape index (κ2) is 8.36. The average Bonchev–Trinajstić information content (AvgIpc) is 2.55. The molecule has 2 amide bonds. The second-order valence-electron chi connectivity index (χ2n) is 5.27. The van der Waals surface area contributed by atoms with Gasteiger partial charge in [0, 0.05) is 24.2 Å². The van der Waals surface area contributed by atoms with Crippen LogP contribution in [0.15, 0.2) is 42.5 Å². The molecule has 6 heteroatoms. The van der Waals surface area contributed by atoms with Crippen molar-refractivity contribution in [3.63, 3.8) is 0 Å². The maximum absolute atomic E-state index is 12.0. The largest absolute Gasteiger partial charge is 0.495 e. The predicted octanol–water partition coefficient (Wildman–Crippen LogP) is 4.05. The van der Waals surface area contributed by atoms with Gasteiger partial charge in [-0.1, -0.05) is 41.4 Å². The number of amides is 2. The van der Waals surface area contributed by atoms with Gasteiger partial charge in [-0.05, 0) is 25.1 Å². The number of ether oxygens (including phenoxy) is 1. The van der Waals surface area contributed by atoms with Crippen molar-refractivity contribution >= 4 is 29.1 Å². The number of anilines is 1. The predicted molar refractivity (Wildman–Crippen MR) is 95.2 cm³/mol. The number of benzene rings is 2. The minimum atomic E-state index is -0.395. The van der Waals surface area contributed by atoms with Gasteiger partial charge in [0.15, 0.2) is 5.78 Å². The molecule has 126 valence electrons. The highest BCUT2D eigenvalue weighted by molar-refractivity contribution is 6.32. The highest BCUT2D eigenvalue weighted by Gasteiger charge is 2.08. The van der Waals surface area contributed by atoms with Crippen LogP contribution in [0.4, 0.5) is 10.5 Å². The van der Waals surface area contributed by atoms with Gasteiger partial charge in [0.25, 0.3) is 0 Å². The maximum Gasteiger partial charge on any atom is 0.319 e. The number of urea groups is 1. The van der Waals surface area contributed by atoms with E-state index in [0.717, 1.165) is 5.56 Å². The first kappa shape index (κ1) is 17.8. The number of methoxy groups -OCH3 is 1. The Hall–Kier alpha value is -2.53. The van der Waals surface area contributed by atoms with Crippen LogP contribution >= 0.6 is 11.6 Å². The summed E-state index contributed by atoms with van der Waals surface area (Å²) in [6.45, 7) is 2.22. The van der Waals surface area contributed by atoms with Gasteiger partial charge in [0.1, 0.15) is 5.75 Å². The third kappa shape index (κ3) is 4.99. The molecular formula is C18H19ClN2O3. The average molecular weight is 347 g/mol. The molecule has 2 aromatic carbocycles. The lowest BCUT2D eigenvalue weighted by Crippen LogP contribution is -2.30. The third-order valence-electron chi connectivity index (χ3n) is 3.42. The van der Waals surface area contributed by atoms with Crippen molar-refractivity contribution in [2.45, 2.75) is 13.3 Å². The molecule has 0 bridgehead atoms. The SMILES string of the molecule is COc1ccc(NC(=O)NCCC(=O)c2ccc(C)cc2)cc1Cl. The van der Waals surface area contributed by atoms with E-state index in [1.807, 2.05) is 19.1 Å². The van der Waals surface area contributed by atoms with E-state index in [1.165, 1.54) is 7.11 Å². The van der Waals surface area contributed by atoms with Crippen LogP contribution in [0, 0.1) is 6.92 Å². The number of nitrogens with one attached hydrogen (secondary N) is 2. The lowest BCUT2D eigenvalue weighted by Gasteiger charge is -2.09. The molecule has 0 heterocycles. The quantitative estimate of drug-likeness (QED) is 0.775.